The van der Waals surface area contributed by atoms with Gasteiger partial charge in [-0.1, -0.05) is 30.3 Å². The number of nitrogens with zero attached hydrogens (tertiary/aromatic N) is 4. The average Bonchev–Trinajstić information content (AvgIpc) is 3.10. The summed E-state index contributed by atoms with van der Waals surface area (Å²) in [4.78, 5) is 16.2. The summed E-state index contributed by atoms with van der Waals surface area (Å²) in [5, 5.41) is 21.7. The lowest BCUT2D eigenvalue weighted by atomic mass is 9.85. The first kappa shape index (κ1) is 19.1. The summed E-state index contributed by atoms with van der Waals surface area (Å²) in [6, 6.07) is 17.3. The van der Waals surface area contributed by atoms with Gasteiger partial charge in [-0.2, -0.15) is 10.5 Å². The molecule has 140 valence electrons. The van der Waals surface area contributed by atoms with Gasteiger partial charge in [-0.3, -0.25) is 4.79 Å². The third-order valence-corrected chi connectivity index (χ3v) is 4.83. The highest BCUT2D eigenvalue weighted by atomic mass is 16.1. The number of hydrogen-bond acceptors (Lipinski definition) is 4. The van der Waals surface area contributed by atoms with Crippen LogP contribution in [0.25, 0.3) is 11.0 Å². The van der Waals surface area contributed by atoms with Gasteiger partial charge in [-0.05, 0) is 37.1 Å². The van der Waals surface area contributed by atoms with Crippen molar-refractivity contribution in [1.29, 1.82) is 10.5 Å². The van der Waals surface area contributed by atoms with Crippen LogP contribution in [0.2, 0.25) is 0 Å². The summed E-state index contributed by atoms with van der Waals surface area (Å²) >= 11 is 0. The molecule has 0 bridgehead atoms. The van der Waals surface area contributed by atoms with Gasteiger partial charge in [0.2, 0.25) is 5.91 Å². The quantitative estimate of drug-likeness (QED) is 0.741. The van der Waals surface area contributed by atoms with E-state index in [1.807, 2.05) is 48.7 Å². The Kier molecular flexibility index (Phi) is 5.15. The molecule has 6 nitrogen and oxygen atoms in total. The molecule has 1 heterocycles. The van der Waals surface area contributed by atoms with Crippen molar-refractivity contribution >= 4 is 16.9 Å². The molecule has 0 aliphatic heterocycles. The van der Waals surface area contributed by atoms with Gasteiger partial charge in [0.1, 0.15) is 6.07 Å². The van der Waals surface area contributed by atoms with E-state index in [2.05, 4.69) is 22.4 Å². The zero-order valence-corrected chi connectivity index (χ0v) is 16.1. The van der Waals surface area contributed by atoms with Crippen molar-refractivity contribution in [3.05, 3.63) is 65.5 Å². The van der Waals surface area contributed by atoms with Gasteiger partial charge in [0, 0.05) is 13.5 Å². The molecule has 28 heavy (non-hydrogen) atoms. The number of nitrogens with one attached hydrogen (secondary N) is 1. The summed E-state index contributed by atoms with van der Waals surface area (Å²) in [7, 11) is 0. The molecular weight excluding hydrogens is 350 g/mol. The summed E-state index contributed by atoms with van der Waals surface area (Å²) in [5.41, 5.74) is 3.30. The van der Waals surface area contributed by atoms with Gasteiger partial charge in [0.25, 0.3) is 0 Å². The molecule has 3 aromatic rings. The van der Waals surface area contributed by atoms with Crippen LogP contribution in [0.15, 0.2) is 48.8 Å². The molecule has 1 aromatic heterocycles. The van der Waals surface area contributed by atoms with Crippen LogP contribution in [-0.4, -0.2) is 15.5 Å². The zero-order valence-electron chi connectivity index (χ0n) is 16.1. The highest BCUT2D eigenvalue weighted by molar-refractivity contribution is 5.81. The number of benzene rings is 2. The van der Waals surface area contributed by atoms with Crippen LogP contribution >= 0.6 is 0 Å². The molecule has 1 atom stereocenters. The maximum atomic E-state index is 11.8. The summed E-state index contributed by atoms with van der Waals surface area (Å²) in [6.07, 6.45) is 1.69. The van der Waals surface area contributed by atoms with Crippen LogP contribution < -0.4 is 5.32 Å². The van der Waals surface area contributed by atoms with E-state index >= 15 is 0 Å². The summed E-state index contributed by atoms with van der Waals surface area (Å²) in [6.45, 7) is 5.66. The molecule has 0 radical (unpaired) electrons. The lowest BCUT2D eigenvalue weighted by molar-refractivity contribution is -0.119. The van der Waals surface area contributed by atoms with Crippen molar-refractivity contribution in [3.63, 3.8) is 0 Å². The number of amides is 1. The minimum Gasteiger partial charge on any atom is -0.348 e. The highest BCUT2D eigenvalue weighted by Gasteiger charge is 2.21. The van der Waals surface area contributed by atoms with Crippen LogP contribution in [0.3, 0.4) is 0 Å². The number of rotatable bonds is 5. The van der Waals surface area contributed by atoms with Crippen LogP contribution in [0.5, 0.6) is 0 Å². The van der Waals surface area contributed by atoms with Crippen molar-refractivity contribution in [2.45, 2.75) is 38.8 Å². The average molecular weight is 371 g/mol. The Morgan fingerprint density at radius 3 is 2.54 bits per heavy atom. The molecule has 0 fully saturated rings. The number of para-hydroxylation sites is 1. The van der Waals surface area contributed by atoms with Crippen molar-refractivity contribution < 1.29 is 4.79 Å². The van der Waals surface area contributed by atoms with Gasteiger partial charge in [0.05, 0.1) is 40.5 Å². The lowest BCUT2D eigenvalue weighted by Gasteiger charge is -2.21. The fourth-order valence-electron chi connectivity index (χ4n) is 3.23. The number of aromatic nitrogens is 2. The Balaban J connectivity index is 1.98. The van der Waals surface area contributed by atoms with E-state index in [4.69, 9.17) is 0 Å². The smallest absolute Gasteiger partial charge is 0.217 e. The number of fused-ring (bicyclic) bond motifs is 1. The number of hydrogen-bond donors (Lipinski definition) is 1. The number of carbonyl (C=O) groups excluding carboxylic acids is 1. The first-order valence-corrected chi connectivity index (χ1v) is 8.98. The zero-order chi connectivity index (χ0) is 20.3. The molecule has 0 aliphatic carbocycles. The van der Waals surface area contributed by atoms with E-state index in [1.165, 1.54) is 6.92 Å². The Morgan fingerprint density at radius 2 is 1.93 bits per heavy atom. The molecule has 2 aromatic carbocycles. The molecule has 3 rings (SSSR count). The maximum absolute atomic E-state index is 11.8. The highest BCUT2D eigenvalue weighted by Crippen LogP contribution is 2.26. The molecule has 0 saturated carbocycles. The Bertz CT molecular complexity index is 1100. The number of imidazole rings is 1. The van der Waals surface area contributed by atoms with E-state index in [9.17, 15) is 15.3 Å². The summed E-state index contributed by atoms with van der Waals surface area (Å²) in [5.74, 6) is -0.142. The van der Waals surface area contributed by atoms with Crippen molar-refractivity contribution in [1.82, 2.24) is 14.9 Å². The first-order valence-electron chi connectivity index (χ1n) is 8.98. The Hall–Kier alpha value is -3.64. The first-order chi connectivity index (χ1) is 13.4. The van der Waals surface area contributed by atoms with Gasteiger partial charge in [0.15, 0.2) is 0 Å². The fraction of sp³-hybridized carbons (Fsp3) is 0.273. The minimum absolute atomic E-state index is 0.142. The molecule has 6 heteroatoms. The minimum atomic E-state index is -0.579. The predicted molar refractivity (Wildman–Crippen MR) is 106 cm³/mol. The molecular formula is C22H21N5O. The molecule has 0 aliphatic rings. The van der Waals surface area contributed by atoms with E-state index in [1.54, 1.807) is 18.5 Å². The number of nitriles is 2. The normalized spacial score (nSPS) is 12.2. The van der Waals surface area contributed by atoms with E-state index < -0.39 is 5.41 Å². The fourth-order valence-corrected chi connectivity index (χ4v) is 3.23. The third kappa shape index (κ3) is 3.72. The Morgan fingerprint density at radius 1 is 1.21 bits per heavy atom. The molecule has 1 N–H and O–H groups in total. The molecule has 1 amide bonds. The van der Waals surface area contributed by atoms with Crippen LogP contribution in [-0.2, 0) is 16.8 Å². The maximum Gasteiger partial charge on any atom is 0.217 e. The van der Waals surface area contributed by atoms with Crippen molar-refractivity contribution in [3.8, 4) is 12.1 Å². The van der Waals surface area contributed by atoms with Gasteiger partial charge in [-0.15, -0.1) is 0 Å². The standard InChI is InChI=1S/C22H21N5O/c1-15(28)26-20(16-7-9-18(10-8-16)22(2,3)13-24)12-27-14-25-19-6-4-5-17(11-23)21(19)27/h4-10,14,20H,12H2,1-3H3,(H,26,28)/t20-/m1/s1. The van der Waals surface area contributed by atoms with Gasteiger partial charge in [-0.25, -0.2) is 4.98 Å². The van der Waals surface area contributed by atoms with Gasteiger partial charge >= 0.3 is 0 Å². The second-order valence-electron chi connectivity index (χ2n) is 7.29. The molecule has 0 spiro atoms. The Labute approximate surface area is 164 Å². The predicted octanol–water partition coefficient (Wildman–Crippen LogP) is 3.59. The summed E-state index contributed by atoms with van der Waals surface area (Å²) < 4.78 is 1.89. The van der Waals surface area contributed by atoms with Gasteiger partial charge < -0.3 is 9.88 Å². The van der Waals surface area contributed by atoms with Crippen LogP contribution in [0, 0.1) is 22.7 Å². The van der Waals surface area contributed by atoms with Crippen LogP contribution in [0.4, 0.5) is 0 Å². The SMILES string of the molecule is CC(=O)N[C@H](Cn1cnc2cccc(C#N)c21)c1ccc(C(C)(C)C#N)cc1. The number of carbonyl (C=O) groups is 1. The largest absolute Gasteiger partial charge is 0.348 e. The van der Waals surface area contributed by atoms with Crippen LogP contribution in [0.1, 0.15) is 43.5 Å². The van der Waals surface area contributed by atoms with E-state index in [0.29, 0.717) is 12.1 Å². The topological polar surface area (TPSA) is 94.5 Å². The second-order valence-corrected chi connectivity index (χ2v) is 7.29. The lowest BCUT2D eigenvalue weighted by Crippen LogP contribution is -2.29. The van der Waals surface area contributed by atoms with E-state index in [0.717, 1.165) is 22.2 Å². The second kappa shape index (κ2) is 7.54. The van der Waals surface area contributed by atoms with E-state index in [-0.39, 0.29) is 11.9 Å². The van der Waals surface area contributed by atoms with Crippen molar-refractivity contribution in [2.24, 2.45) is 0 Å². The monoisotopic (exact) mass is 371 g/mol. The molecule has 0 saturated heterocycles. The molecule has 0 unspecified atom stereocenters. The third-order valence-electron chi connectivity index (χ3n) is 4.83. The van der Waals surface area contributed by atoms with Crippen molar-refractivity contribution in [2.75, 3.05) is 0 Å².